The lowest BCUT2D eigenvalue weighted by atomic mass is 9.89. The van der Waals surface area contributed by atoms with Crippen molar-refractivity contribution >= 4 is 11.7 Å². The van der Waals surface area contributed by atoms with E-state index in [1.54, 1.807) is 0 Å². The van der Waals surface area contributed by atoms with Crippen LogP contribution in [0.4, 0.5) is 5.69 Å². The van der Waals surface area contributed by atoms with Crippen LogP contribution in [0.3, 0.4) is 0 Å². The lowest BCUT2D eigenvalue weighted by Crippen LogP contribution is -2.23. The lowest BCUT2D eigenvalue weighted by Gasteiger charge is -2.26. The summed E-state index contributed by atoms with van der Waals surface area (Å²) < 4.78 is 0. The van der Waals surface area contributed by atoms with Crippen LogP contribution in [0.1, 0.15) is 30.4 Å². The molecule has 0 aliphatic carbocycles. The molecule has 1 atom stereocenters. The van der Waals surface area contributed by atoms with Crippen LogP contribution in [-0.2, 0) is 11.2 Å². The average molecular weight is 233 g/mol. The van der Waals surface area contributed by atoms with Crippen LogP contribution >= 0.6 is 0 Å². The van der Waals surface area contributed by atoms with Gasteiger partial charge in [0.25, 0.3) is 0 Å². The van der Waals surface area contributed by atoms with Crippen molar-refractivity contribution in [1.82, 2.24) is 0 Å². The van der Waals surface area contributed by atoms with Gasteiger partial charge in [-0.3, -0.25) is 4.79 Å². The van der Waals surface area contributed by atoms with Crippen LogP contribution in [0.5, 0.6) is 0 Å². The van der Waals surface area contributed by atoms with Gasteiger partial charge in [0.2, 0.25) is 0 Å². The normalized spacial score (nSPS) is 18.3. The third-order valence-corrected chi connectivity index (χ3v) is 3.36. The summed E-state index contributed by atoms with van der Waals surface area (Å²) in [5.41, 5.74) is 3.89. The first-order valence-corrected chi connectivity index (χ1v) is 6.20. The van der Waals surface area contributed by atoms with Crippen molar-refractivity contribution in [2.24, 2.45) is 5.92 Å². The molecule has 1 aromatic rings. The maximum atomic E-state index is 10.5. The number of rotatable bonds is 4. The molecule has 1 aromatic carbocycles. The van der Waals surface area contributed by atoms with Crippen LogP contribution in [0, 0.1) is 12.8 Å². The van der Waals surface area contributed by atoms with E-state index >= 15 is 0 Å². The summed E-state index contributed by atoms with van der Waals surface area (Å²) in [6.07, 6.45) is 3.13. The Morgan fingerprint density at radius 3 is 3.12 bits per heavy atom. The molecule has 0 aromatic heterocycles. The van der Waals surface area contributed by atoms with E-state index in [0.29, 0.717) is 5.92 Å². The number of hydrogen-bond donors (Lipinski definition) is 2. The SMILES string of the molecule is Cc1ccc2c(c1)NC[C@@H](CCCC(=O)O)C2. The third-order valence-electron chi connectivity index (χ3n) is 3.36. The molecule has 2 N–H and O–H groups in total. The number of anilines is 1. The fourth-order valence-electron chi connectivity index (χ4n) is 2.42. The van der Waals surface area contributed by atoms with Gasteiger partial charge in [0, 0.05) is 18.7 Å². The highest BCUT2D eigenvalue weighted by Gasteiger charge is 2.17. The molecule has 1 heterocycles. The predicted molar refractivity (Wildman–Crippen MR) is 68.3 cm³/mol. The molecule has 0 bridgehead atoms. The molecule has 0 saturated carbocycles. The monoisotopic (exact) mass is 233 g/mol. The molecule has 0 unspecified atom stereocenters. The molecular formula is C14H19NO2. The van der Waals surface area contributed by atoms with Crippen molar-refractivity contribution < 1.29 is 9.90 Å². The molecule has 0 radical (unpaired) electrons. The fourth-order valence-corrected chi connectivity index (χ4v) is 2.42. The quantitative estimate of drug-likeness (QED) is 0.840. The Kier molecular flexibility index (Phi) is 3.67. The number of aryl methyl sites for hydroxylation is 1. The largest absolute Gasteiger partial charge is 0.481 e. The third kappa shape index (κ3) is 3.22. The second-order valence-corrected chi connectivity index (χ2v) is 4.90. The van der Waals surface area contributed by atoms with Crippen molar-refractivity contribution in [3.05, 3.63) is 29.3 Å². The van der Waals surface area contributed by atoms with Gasteiger partial charge < -0.3 is 10.4 Å². The highest BCUT2D eigenvalue weighted by molar-refractivity contribution is 5.66. The number of nitrogens with one attached hydrogen (secondary N) is 1. The second kappa shape index (κ2) is 5.21. The van der Waals surface area contributed by atoms with Gasteiger partial charge in [0.05, 0.1) is 0 Å². The molecule has 1 aliphatic rings. The first-order chi connectivity index (χ1) is 8.15. The molecular weight excluding hydrogens is 214 g/mol. The van der Waals surface area contributed by atoms with Crippen molar-refractivity contribution in [3.63, 3.8) is 0 Å². The van der Waals surface area contributed by atoms with Crippen LogP contribution in [0.2, 0.25) is 0 Å². The average Bonchev–Trinajstić information content (AvgIpc) is 2.29. The van der Waals surface area contributed by atoms with Crippen LogP contribution < -0.4 is 5.32 Å². The van der Waals surface area contributed by atoms with E-state index in [1.807, 2.05) is 0 Å². The van der Waals surface area contributed by atoms with E-state index in [-0.39, 0.29) is 6.42 Å². The summed E-state index contributed by atoms with van der Waals surface area (Å²) in [6, 6.07) is 6.50. The van der Waals surface area contributed by atoms with Crippen molar-refractivity contribution in [2.75, 3.05) is 11.9 Å². The van der Waals surface area contributed by atoms with Crippen molar-refractivity contribution in [1.29, 1.82) is 0 Å². The number of carboxylic acid groups (broad SMARTS) is 1. The maximum absolute atomic E-state index is 10.5. The summed E-state index contributed by atoms with van der Waals surface area (Å²) in [4.78, 5) is 10.5. The van der Waals surface area contributed by atoms with Gasteiger partial charge in [-0.1, -0.05) is 12.1 Å². The van der Waals surface area contributed by atoms with E-state index in [4.69, 9.17) is 5.11 Å². The Labute approximate surface area is 102 Å². The molecule has 1 aliphatic heterocycles. The zero-order valence-corrected chi connectivity index (χ0v) is 10.2. The van der Waals surface area contributed by atoms with Gasteiger partial charge in [-0.15, -0.1) is 0 Å². The summed E-state index contributed by atoms with van der Waals surface area (Å²) in [5, 5.41) is 12.1. The molecule has 0 saturated heterocycles. The molecule has 0 spiro atoms. The van der Waals surface area contributed by atoms with E-state index in [9.17, 15) is 4.79 Å². The Morgan fingerprint density at radius 1 is 1.53 bits per heavy atom. The number of carboxylic acids is 1. The maximum Gasteiger partial charge on any atom is 0.303 e. The summed E-state index contributed by atoms with van der Waals surface area (Å²) >= 11 is 0. The van der Waals surface area contributed by atoms with Gasteiger partial charge >= 0.3 is 5.97 Å². The number of carbonyl (C=O) groups is 1. The molecule has 0 amide bonds. The lowest BCUT2D eigenvalue weighted by molar-refractivity contribution is -0.137. The van der Waals surface area contributed by atoms with Gasteiger partial charge in [-0.2, -0.15) is 0 Å². The van der Waals surface area contributed by atoms with Gasteiger partial charge in [-0.05, 0) is 49.3 Å². The minimum absolute atomic E-state index is 0.289. The number of hydrogen-bond acceptors (Lipinski definition) is 2. The van der Waals surface area contributed by atoms with Crippen LogP contribution in [0.25, 0.3) is 0 Å². The molecule has 92 valence electrons. The van der Waals surface area contributed by atoms with Crippen molar-refractivity contribution in [2.45, 2.75) is 32.6 Å². The summed E-state index contributed by atoms with van der Waals surface area (Å²) in [7, 11) is 0. The molecule has 2 rings (SSSR count). The molecule has 3 heteroatoms. The van der Waals surface area contributed by atoms with E-state index in [1.165, 1.54) is 16.8 Å². The predicted octanol–water partition coefficient (Wildman–Crippen LogP) is 2.83. The van der Waals surface area contributed by atoms with E-state index in [0.717, 1.165) is 25.8 Å². The zero-order valence-electron chi connectivity index (χ0n) is 10.2. The van der Waals surface area contributed by atoms with Gasteiger partial charge in [0.15, 0.2) is 0 Å². The molecule has 0 fully saturated rings. The Balaban J connectivity index is 1.90. The molecule has 17 heavy (non-hydrogen) atoms. The van der Waals surface area contributed by atoms with Crippen LogP contribution in [0.15, 0.2) is 18.2 Å². The second-order valence-electron chi connectivity index (χ2n) is 4.90. The Morgan fingerprint density at radius 2 is 2.35 bits per heavy atom. The van der Waals surface area contributed by atoms with Gasteiger partial charge in [0.1, 0.15) is 0 Å². The summed E-state index contributed by atoms with van der Waals surface area (Å²) in [5.74, 6) is -0.116. The topological polar surface area (TPSA) is 49.3 Å². The smallest absolute Gasteiger partial charge is 0.303 e. The highest BCUT2D eigenvalue weighted by atomic mass is 16.4. The number of fused-ring (bicyclic) bond motifs is 1. The number of aliphatic carboxylic acids is 1. The van der Waals surface area contributed by atoms with Crippen LogP contribution in [-0.4, -0.2) is 17.6 Å². The summed E-state index contributed by atoms with van der Waals surface area (Å²) in [6.45, 7) is 3.07. The minimum atomic E-state index is -0.690. The zero-order chi connectivity index (χ0) is 12.3. The fraction of sp³-hybridized carbons (Fsp3) is 0.500. The Bertz CT molecular complexity index is 415. The van der Waals surface area contributed by atoms with E-state index < -0.39 is 5.97 Å². The molecule has 3 nitrogen and oxygen atoms in total. The van der Waals surface area contributed by atoms with E-state index in [2.05, 4.69) is 30.4 Å². The van der Waals surface area contributed by atoms with Crippen molar-refractivity contribution in [3.8, 4) is 0 Å². The minimum Gasteiger partial charge on any atom is -0.481 e. The first-order valence-electron chi connectivity index (χ1n) is 6.20. The Hall–Kier alpha value is -1.51. The first kappa shape index (κ1) is 12.0. The highest BCUT2D eigenvalue weighted by Crippen LogP contribution is 2.27. The standard InChI is InChI=1S/C14H19NO2/c1-10-5-6-12-8-11(3-2-4-14(16)17)9-15-13(12)7-10/h5-7,11,15H,2-4,8-9H2,1H3,(H,16,17)/t11-/m0/s1. The van der Waals surface area contributed by atoms with Gasteiger partial charge in [-0.25, -0.2) is 0 Å². The number of benzene rings is 1.